The van der Waals surface area contributed by atoms with Gasteiger partial charge in [0.25, 0.3) is 0 Å². The number of nitrogens with one attached hydrogen (secondary N) is 2. The fourth-order valence-electron chi connectivity index (χ4n) is 3.90. The van der Waals surface area contributed by atoms with E-state index in [2.05, 4.69) is 39.9 Å². The summed E-state index contributed by atoms with van der Waals surface area (Å²) >= 11 is 0. The van der Waals surface area contributed by atoms with Crippen LogP contribution in [0.5, 0.6) is 0 Å². The van der Waals surface area contributed by atoms with E-state index in [4.69, 9.17) is 9.47 Å². The van der Waals surface area contributed by atoms with Crippen LogP contribution in [-0.4, -0.2) is 75.9 Å². The molecule has 1 fully saturated rings. The van der Waals surface area contributed by atoms with Gasteiger partial charge in [-0.05, 0) is 30.4 Å². The maximum absolute atomic E-state index is 12.1. The first-order valence-electron chi connectivity index (χ1n) is 10.5. The van der Waals surface area contributed by atoms with E-state index in [1.54, 1.807) is 26.1 Å². The second-order valence-corrected chi connectivity index (χ2v) is 8.16. The van der Waals surface area contributed by atoms with Gasteiger partial charge in [-0.1, -0.05) is 24.3 Å². The number of fused-ring (bicyclic) bond motifs is 1. The number of ether oxygens (including phenoxy) is 2. The van der Waals surface area contributed by atoms with Crippen molar-refractivity contribution in [3.05, 3.63) is 35.4 Å². The number of methoxy groups -OCH3 is 1. The molecular formula is C22H35IN4O3. The van der Waals surface area contributed by atoms with Crippen LogP contribution in [0.15, 0.2) is 29.3 Å². The highest BCUT2D eigenvalue weighted by Crippen LogP contribution is 2.24. The lowest BCUT2D eigenvalue weighted by molar-refractivity contribution is -0.127. The molecule has 30 heavy (non-hydrogen) atoms. The summed E-state index contributed by atoms with van der Waals surface area (Å²) in [6, 6.07) is 8.90. The summed E-state index contributed by atoms with van der Waals surface area (Å²) in [7, 11) is 5.25. The molecule has 168 valence electrons. The number of guanidine groups is 1. The number of carbonyl (C=O) groups excluding carboxylic acids is 1. The predicted octanol–water partition coefficient (Wildman–Crippen LogP) is 1.98. The van der Waals surface area contributed by atoms with Crippen LogP contribution < -0.4 is 10.6 Å². The van der Waals surface area contributed by atoms with Crippen LogP contribution in [0, 0.1) is 0 Å². The van der Waals surface area contributed by atoms with E-state index in [-0.39, 0.29) is 42.0 Å². The first kappa shape index (κ1) is 24.9. The molecule has 0 spiro atoms. The summed E-state index contributed by atoms with van der Waals surface area (Å²) in [5, 5.41) is 6.99. The van der Waals surface area contributed by atoms with E-state index in [1.165, 1.54) is 11.1 Å². The van der Waals surface area contributed by atoms with Crippen molar-refractivity contribution in [3.8, 4) is 0 Å². The molecule has 2 aliphatic rings. The Morgan fingerprint density at radius 2 is 1.97 bits per heavy atom. The topological polar surface area (TPSA) is 75.2 Å². The first-order chi connectivity index (χ1) is 14.0. The zero-order valence-corrected chi connectivity index (χ0v) is 20.6. The Morgan fingerprint density at radius 1 is 1.27 bits per heavy atom. The van der Waals surface area contributed by atoms with E-state index < -0.39 is 0 Å². The van der Waals surface area contributed by atoms with E-state index in [9.17, 15) is 4.79 Å². The van der Waals surface area contributed by atoms with Crippen LogP contribution in [0.1, 0.15) is 30.4 Å². The minimum atomic E-state index is -0.259. The fraction of sp³-hybridized carbons (Fsp3) is 0.636. The Kier molecular flexibility index (Phi) is 9.83. The largest absolute Gasteiger partial charge is 0.381 e. The van der Waals surface area contributed by atoms with Gasteiger partial charge in [-0.15, -0.1) is 24.0 Å². The predicted molar refractivity (Wildman–Crippen MR) is 130 cm³/mol. The normalized spacial score (nSPS) is 20.5. The average molecular weight is 530 g/mol. The third-order valence-corrected chi connectivity index (χ3v) is 5.97. The molecule has 1 aromatic rings. The Labute approximate surface area is 197 Å². The lowest BCUT2D eigenvalue weighted by Crippen LogP contribution is -2.53. The fourth-order valence-corrected chi connectivity index (χ4v) is 3.90. The molecule has 8 heteroatoms. The lowest BCUT2D eigenvalue weighted by Gasteiger charge is -2.36. The molecule has 1 atom stereocenters. The molecule has 1 heterocycles. The highest BCUT2D eigenvalue weighted by Gasteiger charge is 2.33. The Morgan fingerprint density at radius 3 is 2.63 bits per heavy atom. The van der Waals surface area contributed by atoms with Gasteiger partial charge in [0.15, 0.2) is 5.96 Å². The summed E-state index contributed by atoms with van der Waals surface area (Å²) in [6.07, 6.45) is 4.75. The second kappa shape index (κ2) is 11.9. The van der Waals surface area contributed by atoms with Crippen LogP contribution >= 0.6 is 24.0 Å². The number of likely N-dealkylation sites (N-methyl/N-ethyl adjacent to an activating group) is 1. The number of rotatable bonds is 6. The number of hydrogen-bond donors (Lipinski definition) is 2. The highest BCUT2D eigenvalue weighted by molar-refractivity contribution is 14.0. The van der Waals surface area contributed by atoms with Crippen molar-refractivity contribution in [2.45, 2.75) is 43.7 Å². The first-order valence-corrected chi connectivity index (χ1v) is 10.5. The van der Waals surface area contributed by atoms with E-state index in [0.29, 0.717) is 31.8 Å². The monoisotopic (exact) mass is 530 g/mol. The van der Waals surface area contributed by atoms with Crippen LogP contribution in [-0.2, 0) is 27.1 Å². The van der Waals surface area contributed by atoms with Crippen LogP contribution in [0.3, 0.4) is 0 Å². The van der Waals surface area contributed by atoms with E-state index >= 15 is 0 Å². The number of benzene rings is 1. The third-order valence-electron chi connectivity index (χ3n) is 5.97. The summed E-state index contributed by atoms with van der Waals surface area (Å²) < 4.78 is 11.3. The Hall–Kier alpha value is -1.39. The molecule has 2 N–H and O–H groups in total. The molecule has 1 aliphatic heterocycles. The standard InChI is InChI=1S/C22H34N4O3.HI/c1-26(2)20(27)15-23-21(24-16-22(28-3)10-12-29-13-11-22)25-19-9-8-17-6-4-5-7-18(17)14-19;/h4-7,19H,8-16H2,1-3H3,(H2,23,24,25);1H. The van der Waals surface area contributed by atoms with Crippen molar-refractivity contribution in [1.82, 2.24) is 15.5 Å². The number of aliphatic imine (C=N–C) groups is 1. The molecule has 3 rings (SSSR count). The maximum atomic E-state index is 12.1. The van der Waals surface area contributed by atoms with Crippen molar-refractivity contribution in [3.63, 3.8) is 0 Å². The van der Waals surface area contributed by atoms with Crippen molar-refractivity contribution < 1.29 is 14.3 Å². The van der Waals surface area contributed by atoms with Gasteiger partial charge in [0, 0.05) is 59.8 Å². The molecule has 0 radical (unpaired) electrons. The van der Waals surface area contributed by atoms with Crippen LogP contribution in [0.2, 0.25) is 0 Å². The van der Waals surface area contributed by atoms with E-state index in [1.807, 2.05) is 0 Å². The number of aryl methyl sites for hydroxylation is 1. The molecule has 1 unspecified atom stereocenters. The summed E-state index contributed by atoms with van der Waals surface area (Å²) in [5.41, 5.74) is 2.56. The van der Waals surface area contributed by atoms with Crippen molar-refractivity contribution >= 4 is 35.8 Å². The van der Waals surface area contributed by atoms with Gasteiger partial charge in [0.2, 0.25) is 5.91 Å². The van der Waals surface area contributed by atoms with Crippen molar-refractivity contribution in [1.29, 1.82) is 0 Å². The summed E-state index contributed by atoms with van der Waals surface area (Å²) in [4.78, 5) is 18.2. The maximum Gasteiger partial charge on any atom is 0.243 e. The minimum absolute atomic E-state index is 0. The summed E-state index contributed by atoms with van der Waals surface area (Å²) in [5.74, 6) is 0.653. The number of halogens is 1. The Bertz CT molecular complexity index is 720. The second-order valence-electron chi connectivity index (χ2n) is 8.16. The lowest BCUT2D eigenvalue weighted by atomic mass is 9.88. The number of amides is 1. The van der Waals surface area contributed by atoms with Crippen LogP contribution in [0.25, 0.3) is 0 Å². The molecule has 1 aliphatic carbocycles. The molecule has 0 saturated carbocycles. The number of hydrogen-bond acceptors (Lipinski definition) is 4. The van der Waals surface area contributed by atoms with Crippen molar-refractivity contribution in [2.24, 2.45) is 4.99 Å². The van der Waals surface area contributed by atoms with Crippen LogP contribution in [0.4, 0.5) is 0 Å². The van der Waals surface area contributed by atoms with Gasteiger partial charge in [-0.3, -0.25) is 4.79 Å². The molecule has 1 amide bonds. The molecule has 1 aromatic carbocycles. The molecular weight excluding hydrogens is 495 g/mol. The zero-order valence-electron chi connectivity index (χ0n) is 18.3. The summed E-state index contributed by atoms with van der Waals surface area (Å²) in [6.45, 7) is 2.16. The van der Waals surface area contributed by atoms with Gasteiger partial charge < -0.3 is 25.0 Å². The van der Waals surface area contributed by atoms with Gasteiger partial charge in [-0.25, -0.2) is 4.99 Å². The number of nitrogens with zero attached hydrogens (tertiary/aromatic N) is 2. The molecule has 0 aromatic heterocycles. The molecule has 7 nitrogen and oxygen atoms in total. The molecule has 1 saturated heterocycles. The smallest absolute Gasteiger partial charge is 0.243 e. The Balaban J connectivity index is 0.00000320. The van der Waals surface area contributed by atoms with Crippen molar-refractivity contribution in [2.75, 3.05) is 47.5 Å². The van der Waals surface area contributed by atoms with Gasteiger partial charge in [0.1, 0.15) is 6.54 Å². The van der Waals surface area contributed by atoms with E-state index in [0.717, 1.165) is 32.1 Å². The molecule has 0 bridgehead atoms. The number of carbonyl (C=O) groups is 1. The van der Waals surface area contributed by atoms with Gasteiger partial charge in [0.05, 0.1) is 5.60 Å². The average Bonchev–Trinajstić information content (AvgIpc) is 2.75. The minimum Gasteiger partial charge on any atom is -0.381 e. The quantitative estimate of drug-likeness (QED) is 0.335. The third kappa shape index (κ3) is 6.81. The highest BCUT2D eigenvalue weighted by atomic mass is 127. The van der Waals surface area contributed by atoms with Gasteiger partial charge in [-0.2, -0.15) is 0 Å². The SMILES string of the molecule is COC1(CNC(=NCC(=O)N(C)C)NC2CCc3ccccc3C2)CCOCC1.I. The van der Waals surface area contributed by atoms with Gasteiger partial charge >= 0.3 is 0 Å². The zero-order chi connectivity index (χ0) is 20.7.